The fraction of sp³-hybridized carbons (Fsp3) is 0.571. The quantitative estimate of drug-likeness (QED) is 0.882. The third-order valence-electron chi connectivity index (χ3n) is 3.87. The summed E-state index contributed by atoms with van der Waals surface area (Å²) < 4.78 is 13.4. The molecule has 0 unspecified atom stereocenters. The van der Waals surface area contributed by atoms with Crippen LogP contribution in [0, 0.1) is 5.82 Å². The summed E-state index contributed by atoms with van der Waals surface area (Å²) in [6, 6.07) is 5.65. The van der Waals surface area contributed by atoms with Gasteiger partial charge >= 0.3 is 0 Å². The standard InChI is InChI=1S/C14H19FN2O/c15-12-7-11(10-18)8-14(9-12)17-5-3-16(4-6-17)13-1-2-13/h7-9,13,18H,1-6,10H2. The van der Waals surface area contributed by atoms with Crippen molar-refractivity contribution in [3.63, 3.8) is 0 Å². The van der Waals surface area contributed by atoms with Gasteiger partial charge in [0.25, 0.3) is 0 Å². The maximum Gasteiger partial charge on any atom is 0.125 e. The van der Waals surface area contributed by atoms with Crippen molar-refractivity contribution in [2.45, 2.75) is 25.5 Å². The van der Waals surface area contributed by atoms with Crippen LogP contribution in [0.1, 0.15) is 18.4 Å². The molecule has 1 aromatic carbocycles. The van der Waals surface area contributed by atoms with Crippen LogP contribution < -0.4 is 4.90 Å². The van der Waals surface area contributed by atoms with Crippen molar-refractivity contribution in [3.05, 3.63) is 29.6 Å². The second kappa shape index (κ2) is 4.86. The van der Waals surface area contributed by atoms with Gasteiger partial charge in [-0.15, -0.1) is 0 Å². The zero-order valence-corrected chi connectivity index (χ0v) is 10.5. The summed E-state index contributed by atoms with van der Waals surface area (Å²) in [6.45, 7) is 3.92. The summed E-state index contributed by atoms with van der Waals surface area (Å²) in [7, 11) is 0. The van der Waals surface area contributed by atoms with Gasteiger partial charge in [0.2, 0.25) is 0 Å². The molecule has 3 nitrogen and oxygen atoms in total. The average Bonchev–Trinajstić information content (AvgIpc) is 3.22. The lowest BCUT2D eigenvalue weighted by Gasteiger charge is -2.36. The highest BCUT2D eigenvalue weighted by Gasteiger charge is 2.31. The minimum Gasteiger partial charge on any atom is -0.392 e. The normalized spacial score (nSPS) is 21.3. The number of aliphatic hydroxyl groups is 1. The molecule has 0 radical (unpaired) electrons. The minimum absolute atomic E-state index is 0.104. The molecule has 1 saturated carbocycles. The summed E-state index contributed by atoms with van der Waals surface area (Å²) >= 11 is 0. The van der Waals surface area contributed by atoms with Crippen molar-refractivity contribution in [2.75, 3.05) is 31.1 Å². The first kappa shape index (κ1) is 11.9. The predicted octanol–water partition coefficient (Wildman–Crippen LogP) is 1.60. The van der Waals surface area contributed by atoms with Crippen LogP contribution in [-0.2, 0) is 6.61 Å². The van der Waals surface area contributed by atoms with Crippen molar-refractivity contribution in [2.24, 2.45) is 0 Å². The number of benzene rings is 1. The number of hydrogen-bond acceptors (Lipinski definition) is 3. The molecular formula is C14H19FN2O. The van der Waals surface area contributed by atoms with Crippen LogP contribution in [0.2, 0.25) is 0 Å². The molecule has 4 heteroatoms. The van der Waals surface area contributed by atoms with E-state index in [9.17, 15) is 4.39 Å². The Bertz CT molecular complexity index is 426. The smallest absolute Gasteiger partial charge is 0.125 e. The van der Waals surface area contributed by atoms with E-state index in [1.807, 2.05) is 6.07 Å². The molecule has 1 N–H and O–H groups in total. The number of halogens is 1. The lowest BCUT2D eigenvalue weighted by Crippen LogP contribution is -2.47. The minimum atomic E-state index is -0.263. The summed E-state index contributed by atoms with van der Waals surface area (Å²) in [6.07, 6.45) is 2.68. The van der Waals surface area contributed by atoms with Crippen molar-refractivity contribution >= 4 is 5.69 Å². The van der Waals surface area contributed by atoms with Crippen LogP contribution in [0.15, 0.2) is 18.2 Å². The first-order chi connectivity index (χ1) is 8.76. The van der Waals surface area contributed by atoms with E-state index in [1.54, 1.807) is 6.07 Å². The maximum absolute atomic E-state index is 13.4. The Labute approximate surface area is 107 Å². The molecule has 1 aromatic rings. The van der Waals surface area contributed by atoms with Gasteiger partial charge in [0.1, 0.15) is 5.82 Å². The lowest BCUT2D eigenvalue weighted by atomic mass is 10.1. The van der Waals surface area contributed by atoms with Gasteiger partial charge in [-0.2, -0.15) is 0 Å². The second-order valence-electron chi connectivity index (χ2n) is 5.23. The van der Waals surface area contributed by atoms with Crippen LogP contribution in [0.25, 0.3) is 0 Å². The topological polar surface area (TPSA) is 26.7 Å². The third kappa shape index (κ3) is 2.49. The van der Waals surface area contributed by atoms with Gasteiger partial charge in [-0.25, -0.2) is 4.39 Å². The highest BCUT2D eigenvalue weighted by Crippen LogP contribution is 2.28. The Morgan fingerprint density at radius 3 is 2.44 bits per heavy atom. The molecule has 1 aliphatic heterocycles. The van der Waals surface area contributed by atoms with Crippen molar-refractivity contribution in [1.82, 2.24) is 4.90 Å². The monoisotopic (exact) mass is 250 g/mol. The van der Waals surface area contributed by atoms with Gasteiger partial charge in [0.15, 0.2) is 0 Å². The average molecular weight is 250 g/mol. The predicted molar refractivity (Wildman–Crippen MR) is 69.1 cm³/mol. The fourth-order valence-corrected chi connectivity index (χ4v) is 2.69. The van der Waals surface area contributed by atoms with Gasteiger partial charge in [-0.1, -0.05) is 0 Å². The molecule has 98 valence electrons. The van der Waals surface area contributed by atoms with Gasteiger partial charge in [-0.3, -0.25) is 4.90 Å². The molecule has 1 aliphatic carbocycles. The lowest BCUT2D eigenvalue weighted by molar-refractivity contribution is 0.248. The fourth-order valence-electron chi connectivity index (χ4n) is 2.69. The molecule has 1 saturated heterocycles. The zero-order valence-electron chi connectivity index (χ0n) is 10.5. The molecule has 0 atom stereocenters. The Morgan fingerprint density at radius 2 is 1.83 bits per heavy atom. The van der Waals surface area contributed by atoms with Crippen LogP contribution in [0.4, 0.5) is 10.1 Å². The molecule has 0 amide bonds. The van der Waals surface area contributed by atoms with Gasteiger partial charge < -0.3 is 10.0 Å². The van der Waals surface area contributed by atoms with Crippen LogP contribution >= 0.6 is 0 Å². The summed E-state index contributed by atoms with van der Waals surface area (Å²) in [5, 5.41) is 9.11. The number of piperazine rings is 1. The maximum atomic E-state index is 13.4. The Kier molecular flexibility index (Phi) is 3.22. The van der Waals surface area contributed by atoms with E-state index in [2.05, 4.69) is 9.80 Å². The molecule has 0 aromatic heterocycles. The number of hydrogen-bond donors (Lipinski definition) is 1. The van der Waals surface area contributed by atoms with Crippen LogP contribution in [0.5, 0.6) is 0 Å². The Morgan fingerprint density at radius 1 is 1.11 bits per heavy atom. The molecule has 3 rings (SSSR count). The van der Waals surface area contributed by atoms with E-state index in [1.165, 1.54) is 18.9 Å². The van der Waals surface area contributed by atoms with E-state index in [0.717, 1.165) is 37.9 Å². The first-order valence-corrected chi connectivity index (χ1v) is 6.65. The molecular weight excluding hydrogens is 231 g/mol. The van der Waals surface area contributed by atoms with E-state index >= 15 is 0 Å². The molecule has 18 heavy (non-hydrogen) atoms. The number of rotatable bonds is 3. The Balaban J connectivity index is 1.69. The highest BCUT2D eigenvalue weighted by molar-refractivity contribution is 5.49. The van der Waals surface area contributed by atoms with E-state index in [-0.39, 0.29) is 12.4 Å². The SMILES string of the molecule is OCc1cc(F)cc(N2CCN(C3CC3)CC2)c1. The molecule has 2 fully saturated rings. The van der Waals surface area contributed by atoms with Gasteiger partial charge in [0.05, 0.1) is 6.61 Å². The number of anilines is 1. The molecule has 0 bridgehead atoms. The highest BCUT2D eigenvalue weighted by atomic mass is 19.1. The summed E-state index contributed by atoms with van der Waals surface area (Å²) in [5.74, 6) is -0.263. The van der Waals surface area contributed by atoms with E-state index in [0.29, 0.717) is 5.56 Å². The number of nitrogens with zero attached hydrogens (tertiary/aromatic N) is 2. The zero-order chi connectivity index (χ0) is 12.5. The van der Waals surface area contributed by atoms with Gasteiger partial charge in [0, 0.05) is 37.9 Å². The molecule has 1 heterocycles. The van der Waals surface area contributed by atoms with Crippen molar-refractivity contribution < 1.29 is 9.50 Å². The summed E-state index contributed by atoms with van der Waals surface area (Å²) in [5.41, 5.74) is 1.55. The third-order valence-corrected chi connectivity index (χ3v) is 3.87. The molecule has 2 aliphatic rings. The van der Waals surface area contributed by atoms with E-state index in [4.69, 9.17) is 5.11 Å². The van der Waals surface area contributed by atoms with Crippen molar-refractivity contribution in [1.29, 1.82) is 0 Å². The molecule has 0 spiro atoms. The van der Waals surface area contributed by atoms with Crippen LogP contribution in [-0.4, -0.2) is 42.2 Å². The van der Waals surface area contributed by atoms with E-state index < -0.39 is 0 Å². The Hall–Kier alpha value is -1.13. The van der Waals surface area contributed by atoms with Crippen LogP contribution in [0.3, 0.4) is 0 Å². The van der Waals surface area contributed by atoms with Crippen molar-refractivity contribution in [3.8, 4) is 0 Å². The van der Waals surface area contributed by atoms with Gasteiger partial charge in [-0.05, 0) is 36.6 Å². The first-order valence-electron chi connectivity index (χ1n) is 6.65. The number of aliphatic hydroxyl groups excluding tert-OH is 1. The second-order valence-corrected chi connectivity index (χ2v) is 5.23. The largest absolute Gasteiger partial charge is 0.392 e. The summed E-state index contributed by atoms with van der Waals surface area (Å²) in [4.78, 5) is 4.74.